The fraction of sp³-hybridized carbons (Fsp3) is 0.706. The number of aromatic nitrogens is 2. The number of nitrogens with one attached hydrogen (secondary N) is 1. The Morgan fingerprint density at radius 2 is 2.21 bits per heavy atom. The minimum absolute atomic E-state index is 0.147. The lowest BCUT2D eigenvalue weighted by molar-refractivity contribution is -0.140. The van der Waals surface area contributed by atoms with E-state index in [1.165, 1.54) is 0 Å². The molecule has 132 valence electrons. The molecule has 1 saturated heterocycles. The SMILES string of the molecule is CCn1cc([C@H]2OCCC[C@@H]2NC(=O)[C@@H]2[C@H](C(=O)O)C2(C)C)cn1. The second kappa shape index (κ2) is 6.20. The predicted octanol–water partition coefficient (Wildman–Crippen LogP) is 1.60. The second-order valence-corrected chi connectivity index (χ2v) is 7.29. The molecular weight excluding hydrogens is 310 g/mol. The number of rotatable bonds is 5. The van der Waals surface area contributed by atoms with Crippen molar-refractivity contribution < 1.29 is 19.4 Å². The zero-order chi connectivity index (χ0) is 17.5. The number of carboxylic acids is 1. The van der Waals surface area contributed by atoms with Crippen molar-refractivity contribution in [3.8, 4) is 0 Å². The summed E-state index contributed by atoms with van der Waals surface area (Å²) in [6, 6.07) is -0.147. The Bertz CT molecular complexity index is 640. The number of carbonyl (C=O) groups excluding carboxylic acids is 1. The minimum atomic E-state index is -0.902. The Morgan fingerprint density at radius 1 is 1.46 bits per heavy atom. The molecule has 7 heteroatoms. The Balaban J connectivity index is 1.70. The lowest BCUT2D eigenvalue weighted by atomic mass is 9.97. The van der Waals surface area contributed by atoms with Gasteiger partial charge in [-0.25, -0.2) is 0 Å². The van der Waals surface area contributed by atoms with Crippen LogP contribution in [0.3, 0.4) is 0 Å². The van der Waals surface area contributed by atoms with E-state index in [9.17, 15) is 14.7 Å². The van der Waals surface area contributed by atoms with Crippen molar-refractivity contribution in [2.24, 2.45) is 17.3 Å². The molecule has 1 aromatic rings. The van der Waals surface area contributed by atoms with Gasteiger partial charge in [0.05, 0.1) is 24.1 Å². The van der Waals surface area contributed by atoms with Crippen LogP contribution in [0.1, 0.15) is 45.3 Å². The predicted molar refractivity (Wildman–Crippen MR) is 86.2 cm³/mol. The molecule has 1 amide bonds. The molecule has 2 heterocycles. The zero-order valence-electron chi connectivity index (χ0n) is 14.4. The van der Waals surface area contributed by atoms with Crippen LogP contribution < -0.4 is 5.32 Å². The van der Waals surface area contributed by atoms with Gasteiger partial charge in [-0.3, -0.25) is 14.3 Å². The van der Waals surface area contributed by atoms with Gasteiger partial charge in [0.15, 0.2) is 0 Å². The number of carboxylic acid groups (broad SMARTS) is 1. The highest BCUT2D eigenvalue weighted by Gasteiger charge is 2.66. The van der Waals surface area contributed by atoms with Gasteiger partial charge in [-0.15, -0.1) is 0 Å². The first-order valence-corrected chi connectivity index (χ1v) is 8.53. The quantitative estimate of drug-likeness (QED) is 0.852. The highest BCUT2D eigenvalue weighted by atomic mass is 16.5. The van der Waals surface area contributed by atoms with Gasteiger partial charge in [0, 0.05) is 24.9 Å². The third-order valence-corrected chi connectivity index (χ3v) is 5.33. The second-order valence-electron chi connectivity index (χ2n) is 7.29. The molecule has 0 radical (unpaired) electrons. The van der Waals surface area contributed by atoms with E-state index in [2.05, 4.69) is 10.4 Å². The monoisotopic (exact) mass is 335 g/mol. The van der Waals surface area contributed by atoms with E-state index in [1.54, 1.807) is 6.20 Å². The molecule has 2 aliphatic rings. The molecule has 1 aliphatic heterocycles. The summed E-state index contributed by atoms with van der Waals surface area (Å²) < 4.78 is 7.71. The van der Waals surface area contributed by atoms with E-state index in [4.69, 9.17) is 4.74 Å². The third kappa shape index (κ3) is 2.92. The number of hydrogen-bond donors (Lipinski definition) is 2. The maximum Gasteiger partial charge on any atom is 0.307 e. The first-order chi connectivity index (χ1) is 11.4. The molecule has 1 aliphatic carbocycles. The standard InChI is InChI=1S/C17H25N3O4/c1-4-20-9-10(8-18-20)14-11(6-5-7-24-14)19-15(21)12-13(16(22)23)17(12,2)3/h8-9,11-14H,4-7H2,1-3H3,(H,19,21)(H,22,23)/t11-,12-,13+,14+/m0/s1. The van der Waals surface area contributed by atoms with E-state index < -0.39 is 23.2 Å². The number of amides is 1. The van der Waals surface area contributed by atoms with Gasteiger partial charge in [0.2, 0.25) is 5.91 Å². The van der Waals surface area contributed by atoms with Crippen LogP contribution in [0.15, 0.2) is 12.4 Å². The van der Waals surface area contributed by atoms with Crippen molar-refractivity contribution in [3.63, 3.8) is 0 Å². The fourth-order valence-electron chi connectivity index (χ4n) is 3.82. The summed E-state index contributed by atoms with van der Waals surface area (Å²) in [6.45, 7) is 7.10. The first-order valence-electron chi connectivity index (χ1n) is 8.53. The van der Waals surface area contributed by atoms with Gasteiger partial charge in [-0.05, 0) is 25.2 Å². The van der Waals surface area contributed by atoms with E-state index >= 15 is 0 Å². The largest absolute Gasteiger partial charge is 0.481 e. The van der Waals surface area contributed by atoms with E-state index in [0.717, 1.165) is 24.9 Å². The summed E-state index contributed by atoms with van der Waals surface area (Å²) in [6.07, 6.45) is 5.18. The van der Waals surface area contributed by atoms with Crippen molar-refractivity contribution in [1.29, 1.82) is 0 Å². The first kappa shape index (κ1) is 17.0. The Labute approximate surface area is 141 Å². The maximum absolute atomic E-state index is 12.6. The molecule has 4 atom stereocenters. The molecule has 0 spiro atoms. The summed E-state index contributed by atoms with van der Waals surface area (Å²) >= 11 is 0. The molecule has 1 saturated carbocycles. The number of nitrogens with zero attached hydrogens (tertiary/aromatic N) is 2. The summed E-state index contributed by atoms with van der Waals surface area (Å²) in [5, 5.41) is 16.6. The average Bonchev–Trinajstić information content (AvgIpc) is 2.91. The maximum atomic E-state index is 12.6. The van der Waals surface area contributed by atoms with Crippen molar-refractivity contribution in [2.45, 2.75) is 52.3 Å². The highest BCUT2D eigenvalue weighted by molar-refractivity contribution is 5.91. The van der Waals surface area contributed by atoms with Crippen LogP contribution in [0.5, 0.6) is 0 Å². The van der Waals surface area contributed by atoms with Gasteiger partial charge in [-0.1, -0.05) is 13.8 Å². The minimum Gasteiger partial charge on any atom is -0.481 e. The molecule has 0 unspecified atom stereocenters. The smallest absolute Gasteiger partial charge is 0.307 e. The van der Waals surface area contributed by atoms with E-state index in [-0.39, 0.29) is 18.1 Å². The van der Waals surface area contributed by atoms with E-state index in [1.807, 2.05) is 31.6 Å². The van der Waals surface area contributed by atoms with Crippen LogP contribution in [0.25, 0.3) is 0 Å². The van der Waals surface area contributed by atoms with Gasteiger partial charge >= 0.3 is 5.97 Å². The Morgan fingerprint density at radius 3 is 2.79 bits per heavy atom. The highest BCUT2D eigenvalue weighted by Crippen LogP contribution is 2.58. The van der Waals surface area contributed by atoms with Gasteiger partial charge in [0.1, 0.15) is 6.10 Å². The molecule has 1 aromatic heterocycles. The molecule has 0 bridgehead atoms. The fourth-order valence-corrected chi connectivity index (χ4v) is 3.82. The lowest BCUT2D eigenvalue weighted by Crippen LogP contribution is -2.44. The number of ether oxygens (including phenoxy) is 1. The van der Waals surface area contributed by atoms with Crippen molar-refractivity contribution in [1.82, 2.24) is 15.1 Å². The molecule has 2 N–H and O–H groups in total. The van der Waals surface area contributed by atoms with Gasteiger partial charge < -0.3 is 15.2 Å². The van der Waals surface area contributed by atoms with Crippen LogP contribution in [0.2, 0.25) is 0 Å². The molecule has 7 nitrogen and oxygen atoms in total. The summed E-state index contributed by atoms with van der Waals surface area (Å²) in [5.41, 5.74) is 0.459. The van der Waals surface area contributed by atoms with E-state index in [0.29, 0.717) is 6.61 Å². The summed E-state index contributed by atoms with van der Waals surface area (Å²) in [5.74, 6) is -2.17. The Kier molecular flexibility index (Phi) is 4.38. The topological polar surface area (TPSA) is 93.5 Å². The van der Waals surface area contributed by atoms with Crippen molar-refractivity contribution >= 4 is 11.9 Å². The van der Waals surface area contributed by atoms with Crippen LogP contribution in [0.4, 0.5) is 0 Å². The number of aliphatic carboxylic acids is 1. The Hall–Kier alpha value is -1.89. The number of carbonyl (C=O) groups is 2. The molecule has 24 heavy (non-hydrogen) atoms. The molecule has 0 aromatic carbocycles. The lowest BCUT2D eigenvalue weighted by Gasteiger charge is -2.32. The molecule has 3 rings (SSSR count). The van der Waals surface area contributed by atoms with Gasteiger partial charge in [0.25, 0.3) is 0 Å². The number of aryl methyl sites for hydroxylation is 1. The van der Waals surface area contributed by atoms with Crippen molar-refractivity contribution in [2.75, 3.05) is 6.61 Å². The van der Waals surface area contributed by atoms with Crippen LogP contribution >= 0.6 is 0 Å². The van der Waals surface area contributed by atoms with Crippen LogP contribution in [-0.4, -0.2) is 39.4 Å². The normalized spacial score (nSPS) is 31.5. The summed E-state index contributed by atoms with van der Waals surface area (Å²) in [7, 11) is 0. The average molecular weight is 335 g/mol. The third-order valence-electron chi connectivity index (χ3n) is 5.33. The molecular formula is C17H25N3O4. The summed E-state index contributed by atoms with van der Waals surface area (Å²) in [4.78, 5) is 23.9. The number of hydrogen-bond acceptors (Lipinski definition) is 4. The molecule has 2 fully saturated rings. The zero-order valence-corrected chi connectivity index (χ0v) is 14.4. The van der Waals surface area contributed by atoms with Crippen LogP contribution in [0, 0.1) is 17.3 Å². The van der Waals surface area contributed by atoms with Gasteiger partial charge in [-0.2, -0.15) is 5.10 Å². The van der Waals surface area contributed by atoms with Crippen LogP contribution in [-0.2, 0) is 20.9 Å². The van der Waals surface area contributed by atoms with Crippen molar-refractivity contribution in [3.05, 3.63) is 18.0 Å².